The summed E-state index contributed by atoms with van der Waals surface area (Å²) in [5, 5.41) is 18.0. The summed E-state index contributed by atoms with van der Waals surface area (Å²) in [6, 6.07) is 2.72. The molecule has 1 rings (SSSR count). The van der Waals surface area contributed by atoms with Crippen LogP contribution in [0.5, 0.6) is 0 Å². The zero-order valence-electron chi connectivity index (χ0n) is 7.77. The van der Waals surface area contributed by atoms with Gasteiger partial charge in [0.05, 0.1) is 6.61 Å². The van der Waals surface area contributed by atoms with E-state index in [1.165, 1.54) is 12.1 Å². The molecule has 1 atom stereocenters. The van der Waals surface area contributed by atoms with Gasteiger partial charge in [0.15, 0.2) is 0 Å². The molecule has 0 aliphatic rings. The smallest absolute Gasteiger partial charge is 0.371 e. The summed E-state index contributed by atoms with van der Waals surface area (Å²) in [5.74, 6) is -1.13. The Hall–Kier alpha value is -1.33. The lowest BCUT2D eigenvalue weighted by atomic mass is 10.3. The molecule has 1 heterocycles. The van der Waals surface area contributed by atoms with Crippen molar-refractivity contribution in [3.63, 3.8) is 0 Å². The van der Waals surface area contributed by atoms with Crippen LogP contribution in [0.3, 0.4) is 0 Å². The average molecular weight is 200 g/mol. The Balaban J connectivity index is 2.61. The number of carbonyl (C=O) groups is 1. The minimum Gasteiger partial charge on any atom is -0.475 e. The third kappa shape index (κ3) is 2.58. The van der Waals surface area contributed by atoms with Crippen molar-refractivity contribution < 1.29 is 24.2 Å². The van der Waals surface area contributed by atoms with Crippen molar-refractivity contribution in [1.29, 1.82) is 0 Å². The maximum Gasteiger partial charge on any atom is 0.371 e. The first kappa shape index (κ1) is 10.7. The molecule has 5 nitrogen and oxygen atoms in total. The second kappa shape index (κ2) is 4.78. The number of carboxylic acid groups (broad SMARTS) is 1. The SMILES string of the molecule is CCOCC(O)c1ccc(C(=O)O)o1. The summed E-state index contributed by atoms with van der Waals surface area (Å²) in [6.07, 6.45) is -0.914. The maximum absolute atomic E-state index is 10.4. The standard InChI is InChI=1S/C9H12O5/c1-2-13-5-6(10)7-3-4-8(14-7)9(11)12/h3-4,6,10H,2,5H2,1H3,(H,11,12). The maximum atomic E-state index is 10.4. The molecule has 0 aliphatic carbocycles. The second-order valence-corrected chi connectivity index (χ2v) is 2.68. The number of carboxylic acids is 1. The van der Waals surface area contributed by atoms with Crippen LogP contribution in [0, 0.1) is 0 Å². The van der Waals surface area contributed by atoms with E-state index in [-0.39, 0.29) is 18.1 Å². The van der Waals surface area contributed by atoms with Crippen LogP contribution >= 0.6 is 0 Å². The van der Waals surface area contributed by atoms with E-state index >= 15 is 0 Å². The molecule has 1 unspecified atom stereocenters. The minimum absolute atomic E-state index is 0.100. The summed E-state index contributed by atoms with van der Waals surface area (Å²) in [7, 11) is 0. The largest absolute Gasteiger partial charge is 0.475 e. The molecule has 1 aromatic heterocycles. The van der Waals surface area contributed by atoms with Gasteiger partial charge in [0.1, 0.15) is 11.9 Å². The molecular weight excluding hydrogens is 188 g/mol. The van der Waals surface area contributed by atoms with Crippen molar-refractivity contribution in [2.75, 3.05) is 13.2 Å². The number of rotatable bonds is 5. The molecule has 0 saturated carbocycles. The summed E-state index contributed by atoms with van der Waals surface area (Å²) in [5.41, 5.74) is 0. The van der Waals surface area contributed by atoms with Gasteiger partial charge in [0.25, 0.3) is 0 Å². The Morgan fingerprint density at radius 3 is 2.86 bits per heavy atom. The van der Waals surface area contributed by atoms with Crippen LogP contribution in [0.4, 0.5) is 0 Å². The lowest BCUT2D eigenvalue weighted by Crippen LogP contribution is -2.06. The van der Waals surface area contributed by atoms with Gasteiger partial charge in [-0.15, -0.1) is 0 Å². The number of ether oxygens (including phenoxy) is 1. The highest BCUT2D eigenvalue weighted by Crippen LogP contribution is 2.16. The van der Waals surface area contributed by atoms with E-state index in [1.807, 2.05) is 0 Å². The van der Waals surface area contributed by atoms with Crippen LogP contribution < -0.4 is 0 Å². The molecule has 2 N–H and O–H groups in total. The van der Waals surface area contributed by atoms with Gasteiger partial charge in [-0.2, -0.15) is 0 Å². The predicted molar refractivity (Wildman–Crippen MR) is 47.1 cm³/mol. The first-order valence-corrected chi connectivity index (χ1v) is 4.24. The number of aromatic carboxylic acids is 1. The number of furan rings is 1. The van der Waals surface area contributed by atoms with E-state index in [2.05, 4.69) is 0 Å². The predicted octanol–water partition coefficient (Wildman–Crippen LogP) is 1.05. The van der Waals surface area contributed by atoms with Crippen molar-refractivity contribution in [1.82, 2.24) is 0 Å². The summed E-state index contributed by atoms with van der Waals surface area (Å²) >= 11 is 0. The van der Waals surface area contributed by atoms with Gasteiger partial charge in [-0.1, -0.05) is 0 Å². The minimum atomic E-state index is -1.15. The molecular formula is C9H12O5. The van der Waals surface area contributed by atoms with Gasteiger partial charge < -0.3 is 19.4 Å². The number of aliphatic hydroxyl groups excluding tert-OH is 1. The van der Waals surface area contributed by atoms with Gasteiger partial charge in [-0.05, 0) is 19.1 Å². The molecule has 1 aromatic rings. The van der Waals surface area contributed by atoms with Crippen molar-refractivity contribution >= 4 is 5.97 Å². The number of aliphatic hydroxyl groups is 1. The number of hydrogen-bond donors (Lipinski definition) is 2. The van der Waals surface area contributed by atoms with Gasteiger partial charge in [0.2, 0.25) is 5.76 Å². The van der Waals surface area contributed by atoms with E-state index in [4.69, 9.17) is 14.3 Å². The van der Waals surface area contributed by atoms with E-state index in [9.17, 15) is 9.90 Å². The molecule has 0 fully saturated rings. The zero-order chi connectivity index (χ0) is 10.6. The summed E-state index contributed by atoms with van der Waals surface area (Å²) in [6.45, 7) is 2.39. The number of hydrogen-bond acceptors (Lipinski definition) is 4. The van der Waals surface area contributed by atoms with Gasteiger partial charge in [-0.3, -0.25) is 0 Å². The van der Waals surface area contributed by atoms with E-state index in [1.54, 1.807) is 6.92 Å². The van der Waals surface area contributed by atoms with Gasteiger partial charge in [0, 0.05) is 6.61 Å². The van der Waals surface area contributed by atoms with Crippen molar-refractivity contribution in [2.45, 2.75) is 13.0 Å². The van der Waals surface area contributed by atoms with Crippen molar-refractivity contribution in [3.05, 3.63) is 23.7 Å². The van der Waals surface area contributed by atoms with Gasteiger partial charge >= 0.3 is 5.97 Å². The Kier molecular flexibility index (Phi) is 3.67. The zero-order valence-corrected chi connectivity index (χ0v) is 7.77. The average Bonchev–Trinajstić information content (AvgIpc) is 2.62. The first-order valence-electron chi connectivity index (χ1n) is 4.24. The van der Waals surface area contributed by atoms with Crippen molar-refractivity contribution in [2.24, 2.45) is 0 Å². The molecule has 0 saturated heterocycles. The Bertz CT molecular complexity index is 304. The van der Waals surface area contributed by atoms with Crippen LogP contribution in [-0.2, 0) is 4.74 Å². The Morgan fingerprint density at radius 1 is 1.64 bits per heavy atom. The second-order valence-electron chi connectivity index (χ2n) is 2.68. The monoisotopic (exact) mass is 200 g/mol. The molecule has 78 valence electrons. The van der Waals surface area contributed by atoms with Crippen LogP contribution in [0.15, 0.2) is 16.5 Å². The van der Waals surface area contributed by atoms with Crippen LogP contribution in [0.2, 0.25) is 0 Å². The fraction of sp³-hybridized carbons (Fsp3) is 0.444. The van der Waals surface area contributed by atoms with E-state index < -0.39 is 12.1 Å². The normalized spacial score (nSPS) is 12.7. The van der Waals surface area contributed by atoms with E-state index in [0.717, 1.165) is 0 Å². The molecule has 0 bridgehead atoms. The summed E-state index contributed by atoms with van der Waals surface area (Å²) < 4.78 is 9.84. The van der Waals surface area contributed by atoms with Crippen LogP contribution in [0.25, 0.3) is 0 Å². The van der Waals surface area contributed by atoms with Gasteiger partial charge in [-0.25, -0.2) is 4.79 Å². The highest BCUT2D eigenvalue weighted by Gasteiger charge is 2.15. The highest BCUT2D eigenvalue weighted by atomic mass is 16.5. The quantitative estimate of drug-likeness (QED) is 0.742. The molecule has 5 heteroatoms. The summed E-state index contributed by atoms with van der Waals surface area (Å²) in [4.78, 5) is 10.4. The van der Waals surface area contributed by atoms with Crippen LogP contribution in [0.1, 0.15) is 29.3 Å². The third-order valence-corrected chi connectivity index (χ3v) is 1.65. The lowest BCUT2D eigenvalue weighted by Gasteiger charge is -2.06. The first-order chi connectivity index (χ1) is 6.65. The topological polar surface area (TPSA) is 79.9 Å². The van der Waals surface area contributed by atoms with Crippen LogP contribution in [-0.4, -0.2) is 29.4 Å². The highest BCUT2D eigenvalue weighted by molar-refractivity contribution is 5.84. The Morgan fingerprint density at radius 2 is 2.36 bits per heavy atom. The lowest BCUT2D eigenvalue weighted by molar-refractivity contribution is 0.0289. The molecule has 0 amide bonds. The molecule has 0 radical (unpaired) electrons. The molecule has 0 aliphatic heterocycles. The third-order valence-electron chi connectivity index (χ3n) is 1.65. The molecule has 0 aromatic carbocycles. The fourth-order valence-corrected chi connectivity index (χ4v) is 0.958. The Labute approximate surface area is 80.9 Å². The van der Waals surface area contributed by atoms with Crippen molar-refractivity contribution in [3.8, 4) is 0 Å². The fourth-order valence-electron chi connectivity index (χ4n) is 0.958. The molecule has 0 spiro atoms. The van der Waals surface area contributed by atoms with E-state index in [0.29, 0.717) is 6.61 Å². The molecule has 14 heavy (non-hydrogen) atoms.